The maximum Gasteiger partial charge on any atom is 0.266 e. The van der Waals surface area contributed by atoms with E-state index in [1.54, 1.807) is 36.4 Å². The molecule has 0 spiro atoms. The number of nitrogens with zero attached hydrogens (tertiary/aromatic N) is 1. The molecule has 1 heterocycles. The molecule has 0 bridgehead atoms. The Balaban J connectivity index is 1.93. The average Bonchev–Trinajstić information content (AvgIpc) is 2.85. The molecule has 1 N–H and O–H groups in total. The van der Waals surface area contributed by atoms with Crippen LogP contribution in [0, 0.1) is 0 Å². The third-order valence-corrected chi connectivity index (χ3v) is 4.21. The molecule has 0 saturated heterocycles. The third kappa shape index (κ3) is 2.37. The first-order chi connectivity index (χ1) is 12.1. The van der Waals surface area contributed by atoms with E-state index in [1.165, 1.54) is 6.92 Å². The van der Waals surface area contributed by atoms with E-state index in [1.807, 2.05) is 24.3 Å². The maximum atomic E-state index is 12.8. The van der Waals surface area contributed by atoms with Crippen molar-refractivity contribution in [1.29, 1.82) is 0 Å². The quantitative estimate of drug-likeness (QED) is 0.730. The maximum absolute atomic E-state index is 12.8. The SMILES string of the molecule is CC(=O)Nc1cc2ccccc2cc1N1C(=O)c2ccccc2C1=O. The van der Waals surface area contributed by atoms with Crippen LogP contribution in [-0.2, 0) is 4.79 Å². The highest BCUT2D eigenvalue weighted by Crippen LogP contribution is 2.36. The van der Waals surface area contributed by atoms with Gasteiger partial charge in [-0.2, -0.15) is 0 Å². The molecule has 0 radical (unpaired) electrons. The Morgan fingerprint density at radius 2 is 1.36 bits per heavy atom. The molecule has 3 amide bonds. The second kappa shape index (κ2) is 5.56. The molecule has 0 aliphatic carbocycles. The van der Waals surface area contributed by atoms with Crippen LogP contribution >= 0.6 is 0 Å². The van der Waals surface area contributed by atoms with Gasteiger partial charge in [0.05, 0.1) is 22.5 Å². The van der Waals surface area contributed by atoms with Crippen LogP contribution in [0.4, 0.5) is 11.4 Å². The van der Waals surface area contributed by atoms with E-state index in [9.17, 15) is 14.4 Å². The summed E-state index contributed by atoms with van der Waals surface area (Å²) >= 11 is 0. The lowest BCUT2D eigenvalue weighted by atomic mass is 10.1. The molecule has 0 atom stereocenters. The van der Waals surface area contributed by atoms with Crippen LogP contribution in [0.25, 0.3) is 10.8 Å². The van der Waals surface area contributed by atoms with E-state index >= 15 is 0 Å². The summed E-state index contributed by atoms with van der Waals surface area (Å²) in [5, 5.41) is 4.51. The van der Waals surface area contributed by atoms with Gasteiger partial charge in [-0.15, -0.1) is 0 Å². The van der Waals surface area contributed by atoms with Crippen molar-refractivity contribution in [2.45, 2.75) is 6.92 Å². The highest BCUT2D eigenvalue weighted by molar-refractivity contribution is 6.35. The highest BCUT2D eigenvalue weighted by atomic mass is 16.2. The minimum atomic E-state index is -0.387. The zero-order chi connectivity index (χ0) is 17.6. The molecule has 5 nitrogen and oxygen atoms in total. The minimum absolute atomic E-state index is 0.270. The second-order valence-electron chi connectivity index (χ2n) is 5.89. The molecule has 4 rings (SSSR count). The lowest BCUT2D eigenvalue weighted by molar-refractivity contribution is -0.114. The largest absolute Gasteiger partial charge is 0.324 e. The number of amides is 3. The van der Waals surface area contributed by atoms with Gasteiger partial charge in [0.25, 0.3) is 11.8 Å². The van der Waals surface area contributed by atoms with Crippen LogP contribution in [-0.4, -0.2) is 17.7 Å². The number of fused-ring (bicyclic) bond motifs is 2. The summed E-state index contributed by atoms with van der Waals surface area (Å²) in [5.41, 5.74) is 1.55. The van der Waals surface area contributed by atoms with Crippen LogP contribution < -0.4 is 10.2 Å². The molecule has 122 valence electrons. The lowest BCUT2D eigenvalue weighted by Crippen LogP contribution is -2.30. The number of hydrogen-bond donors (Lipinski definition) is 1. The van der Waals surface area contributed by atoms with Gasteiger partial charge in [0.15, 0.2) is 0 Å². The molecular weight excluding hydrogens is 316 g/mol. The number of nitrogens with one attached hydrogen (secondary N) is 1. The van der Waals surface area contributed by atoms with Crippen molar-refractivity contribution in [3.63, 3.8) is 0 Å². The van der Waals surface area contributed by atoms with Crippen LogP contribution in [0.3, 0.4) is 0 Å². The molecule has 1 aliphatic rings. The van der Waals surface area contributed by atoms with Crippen molar-refractivity contribution < 1.29 is 14.4 Å². The Morgan fingerprint density at radius 1 is 0.840 bits per heavy atom. The van der Waals surface area contributed by atoms with Gasteiger partial charge in [-0.1, -0.05) is 36.4 Å². The Kier molecular flexibility index (Phi) is 3.35. The zero-order valence-corrected chi connectivity index (χ0v) is 13.4. The fraction of sp³-hybridized carbons (Fsp3) is 0.0500. The van der Waals surface area contributed by atoms with E-state index < -0.39 is 0 Å². The van der Waals surface area contributed by atoms with E-state index in [2.05, 4.69) is 5.32 Å². The Bertz CT molecular complexity index is 1020. The zero-order valence-electron chi connectivity index (χ0n) is 13.4. The van der Waals surface area contributed by atoms with Crippen molar-refractivity contribution >= 4 is 39.9 Å². The van der Waals surface area contributed by atoms with Crippen molar-refractivity contribution in [3.8, 4) is 0 Å². The van der Waals surface area contributed by atoms with Gasteiger partial charge in [0.2, 0.25) is 5.91 Å². The monoisotopic (exact) mass is 330 g/mol. The number of hydrogen-bond acceptors (Lipinski definition) is 3. The third-order valence-electron chi connectivity index (χ3n) is 4.21. The number of benzene rings is 3. The summed E-state index contributed by atoms with van der Waals surface area (Å²) in [7, 11) is 0. The van der Waals surface area contributed by atoms with Gasteiger partial charge in [-0.05, 0) is 35.0 Å². The van der Waals surface area contributed by atoms with Crippen molar-refractivity contribution in [3.05, 3.63) is 71.8 Å². The standard InChI is InChI=1S/C20H14N2O3/c1-12(23)21-17-10-13-6-2-3-7-14(13)11-18(17)22-19(24)15-8-4-5-9-16(15)20(22)25/h2-11H,1H3,(H,21,23). The first-order valence-electron chi connectivity index (χ1n) is 7.84. The Hall–Kier alpha value is -3.47. The molecule has 0 aromatic heterocycles. The van der Waals surface area contributed by atoms with Gasteiger partial charge >= 0.3 is 0 Å². The first kappa shape index (κ1) is 15.1. The van der Waals surface area contributed by atoms with E-state index in [4.69, 9.17) is 0 Å². The van der Waals surface area contributed by atoms with Crippen molar-refractivity contribution in [2.24, 2.45) is 0 Å². The predicted molar refractivity (Wildman–Crippen MR) is 95.8 cm³/mol. The molecule has 3 aromatic carbocycles. The fourth-order valence-corrected chi connectivity index (χ4v) is 3.11. The summed E-state index contributed by atoms with van der Waals surface area (Å²) < 4.78 is 0. The summed E-state index contributed by atoms with van der Waals surface area (Å²) in [6.07, 6.45) is 0. The molecule has 0 fully saturated rings. The van der Waals surface area contributed by atoms with Crippen LogP contribution in [0.15, 0.2) is 60.7 Å². The predicted octanol–water partition coefficient (Wildman–Crippen LogP) is 3.60. The smallest absolute Gasteiger partial charge is 0.266 e. The van der Waals surface area contributed by atoms with E-state index in [0.717, 1.165) is 15.7 Å². The Morgan fingerprint density at radius 3 is 1.92 bits per heavy atom. The number of imide groups is 1. The molecule has 3 aromatic rings. The number of rotatable bonds is 2. The number of carbonyl (C=O) groups is 3. The van der Waals surface area contributed by atoms with Gasteiger partial charge in [-0.25, -0.2) is 4.90 Å². The van der Waals surface area contributed by atoms with Crippen LogP contribution in [0.5, 0.6) is 0 Å². The fourth-order valence-electron chi connectivity index (χ4n) is 3.11. The van der Waals surface area contributed by atoms with Gasteiger partial charge in [0.1, 0.15) is 0 Å². The van der Waals surface area contributed by atoms with Crippen LogP contribution in [0.2, 0.25) is 0 Å². The van der Waals surface area contributed by atoms with Gasteiger partial charge in [0, 0.05) is 6.92 Å². The van der Waals surface area contributed by atoms with Crippen LogP contribution in [0.1, 0.15) is 27.6 Å². The number of carbonyl (C=O) groups excluding carboxylic acids is 3. The minimum Gasteiger partial charge on any atom is -0.324 e. The van der Waals surface area contributed by atoms with Crippen molar-refractivity contribution in [2.75, 3.05) is 10.2 Å². The normalized spacial score (nSPS) is 13.2. The molecule has 0 unspecified atom stereocenters. The summed E-state index contributed by atoms with van der Waals surface area (Å²) in [6.45, 7) is 1.39. The molecule has 0 saturated carbocycles. The van der Waals surface area contributed by atoms with E-state index in [0.29, 0.717) is 22.5 Å². The summed E-state index contributed by atoms with van der Waals surface area (Å²) in [5.74, 6) is -1.04. The molecule has 25 heavy (non-hydrogen) atoms. The van der Waals surface area contributed by atoms with Gasteiger partial charge in [-0.3, -0.25) is 14.4 Å². The van der Waals surface area contributed by atoms with Crippen molar-refractivity contribution in [1.82, 2.24) is 0 Å². The van der Waals surface area contributed by atoms with E-state index in [-0.39, 0.29) is 17.7 Å². The van der Waals surface area contributed by atoms with Gasteiger partial charge < -0.3 is 5.32 Å². The topological polar surface area (TPSA) is 66.5 Å². The molecular formula is C20H14N2O3. The lowest BCUT2D eigenvalue weighted by Gasteiger charge is -2.19. The molecule has 5 heteroatoms. The first-order valence-corrected chi connectivity index (χ1v) is 7.84. The second-order valence-corrected chi connectivity index (χ2v) is 5.89. The molecule has 1 aliphatic heterocycles. The number of anilines is 2. The average molecular weight is 330 g/mol. The Labute approximate surface area is 143 Å². The summed E-state index contributed by atoms with van der Waals surface area (Å²) in [6, 6.07) is 17.8. The highest BCUT2D eigenvalue weighted by Gasteiger charge is 2.37. The summed E-state index contributed by atoms with van der Waals surface area (Å²) in [4.78, 5) is 38.3.